The smallest absolute Gasteiger partial charge is 0.408 e. The Labute approximate surface area is 133 Å². The zero-order valence-corrected chi connectivity index (χ0v) is 12.2. The van der Waals surface area contributed by atoms with E-state index in [1.54, 1.807) is 0 Å². The summed E-state index contributed by atoms with van der Waals surface area (Å²) in [7, 11) is 0. The molecule has 0 saturated carbocycles. The Morgan fingerprint density at radius 3 is 2.70 bits per heavy atom. The van der Waals surface area contributed by atoms with E-state index in [4.69, 9.17) is 9.84 Å². The molecule has 2 rings (SSSR count). The minimum absolute atomic E-state index is 0.0201. The normalized spacial score (nSPS) is 9.39. The molecule has 2 aromatic rings. The molecule has 6 nitrogen and oxygen atoms in total. The van der Waals surface area contributed by atoms with Gasteiger partial charge < -0.3 is 15.2 Å². The molecule has 0 aliphatic carbocycles. The predicted octanol–water partition coefficient (Wildman–Crippen LogP) is 2.06. The number of carboxylic acid groups (broad SMARTS) is 1. The zero-order valence-electron chi connectivity index (χ0n) is 12.2. The van der Waals surface area contributed by atoms with Crippen LogP contribution in [0.25, 0.3) is 0 Å². The molecule has 6 heteroatoms. The number of nitrogens with zero attached hydrogens (tertiary/aromatic N) is 1. The van der Waals surface area contributed by atoms with Gasteiger partial charge in [-0.05, 0) is 23.6 Å². The topological polar surface area (TPSA) is 88.5 Å². The third-order valence-corrected chi connectivity index (χ3v) is 2.78. The molecule has 23 heavy (non-hydrogen) atoms. The molecule has 0 radical (unpaired) electrons. The third-order valence-electron chi connectivity index (χ3n) is 2.78. The molecule has 0 atom stereocenters. The third kappa shape index (κ3) is 5.17. The molecule has 1 heterocycles. The van der Waals surface area contributed by atoms with E-state index in [9.17, 15) is 9.59 Å². The maximum atomic E-state index is 11.5. The summed E-state index contributed by atoms with van der Waals surface area (Å²) in [6, 6.07) is 12.2. The van der Waals surface area contributed by atoms with Gasteiger partial charge in [-0.15, -0.1) is 0 Å². The van der Waals surface area contributed by atoms with E-state index in [1.165, 1.54) is 18.3 Å². The van der Waals surface area contributed by atoms with Crippen molar-refractivity contribution < 1.29 is 19.4 Å². The van der Waals surface area contributed by atoms with Crippen LogP contribution in [0.5, 0.6) is 0 Å². The number of hydrogen-bond acceptors (Lipinski definition) is 4. The summed E-state index contributed by atoms with van der Waals surface area (Å²) in [4.78, 5) is 26.4. The number of rotatable bonds is 4. The molecule has 0 bridgehead atoms. The van der Waals surface area contributed by atoms with E-state index in [2.05, 4.69) is 22.1 Å². The minimum atomic E-state index is -1.10. The number of ether oxygens (including phenoxy) is 1. The molecular weight excluding hydrogens is 296 g/mol. The van der Waals surface area contributed by atoms with Crippen molar-refractivity contribution in [1.82, 2.24) is 10.3 Å². The van der Waals surface area contributed by atoms with Crippen LogP contribution in [0.4, 0.5) is 4.79 Å². The van der Waals surface area contributed by atoms with Crippen LogP contribution in [-0.4, -0.2) is 28.7 Å². The average molecular weight is 310 g/mol. The Hall–Kier alpha value is -3.33. The summed E-state index contributed by atoms with van der Waals surface area (Å²) >= 11 is 0. The van der Waals surface area contributed by atoms with Crippen LogP contribution < -0.4 is 5.32 Å². The molecular formula is C17H14N2O4. The number of carbonyl (C=O) groups excluding carboxylic acids is 1. The van der Waals surface area contributed by atoms with Crippen molar-refractivity contribution >= 4 is 12.1 Å². The second-order valence-electron chi connectivity index (χ2n) is 4.42. The van der Waals surface area contributed by atoms with E-state index in [1.807, 2.05) is 30.3 Å². The maximum Gasteiger partial charge on any atom is 0.408 e. The molecule has 1 aromatic heterocycles. The van der Waals surface area contributed by atoms with E-state index in [-0.39, 0.29) is 24.4 Å². The number of amides is 1. The second kappa shape index (κ2) is 8.20. The fraction of sp³-hybridized carbons (Fsp3) is 0.118. The first kappa shape index (κ1) is 16.0. The van der Waals surface area contributed by atoms with E-state index >= 15 is 0 Å². The summed E-state index contributed by atoms with van der Waals surface area (Å²) in [6.45, 7) is 0.201. The first-order chi connectivity index (χ1) is 11.2. The number of pyridine rings is 1. The number of aromatic nitrogens is 1. The number of nitrogens with one attached hydrogen (secondary N) is 1. The number of benzene rings is 1. The van der Waals surface area contributed by atoms with Gasteiger partial charge in [-0.25, -0.2) is 14.6 Å². The fourth-order valence-corrected chi connectivity index (χ4v) is 1.70. The zero-order chi connectivity index (χ0) is 16.5. The van der Waals surface area contributed by atoms with Gasteiger partial charge >= 0.3 is 12.1 Å². The van der Waals surface area contributed by atoms with Crippen LogP contribution >= 0.6 is 0 Å². The molecule has 0 spiro atoms. The van der Waals surface area contributed by atoms with E-state index in [0.717, 1.165) is 5.56 Å². The van der Waals surface area contributed by atoms with Crippen LogP contribution in [0.3, 0.4) is 0 Å². The Morgan fingerprint density at radius 2 is 1.96 bits per heavy atom. The molecule has 2 N–H and O–H groups in total. The molecule has 0 aliphatic heterocycles. The second-order valence-corrected chi connectivity index (χ2v) is 4.42. The average Bonchev–Trinajstić information content (AvgIpc) is 2.58. The van der Waals surface area contributed by atoms with Crippen LogP contribution in [-0.2, 0) is 11.3 Å². The van der Waals surface area contributed by atoms with Crippen molar-refractivity contribution in [3.8, 4) is 11.8 Å². The van der Waals surface area contributed by atoms with Crippen molar-refractivity contribution in [3.05, 3.63) is 65.5 Å². The lowest BCUT2D eigenvalue weighted by molar-refractivity contribution is 0.0696. The molecule has 0 aliphatic rings. The molecule has 0 fully saturated rings. The Balaban J connectivity index is 1.81. The molecule has 1 aromatic carbocycles. The largest absolute Gasteiger partial charge is 0.478 e. The summed E-state index contributed by atoms with van der Waals surface area (Å²) in [6.07, 6.45) is 0.862. The molecule has 1 amide bonds. The van der Waals surface area contributed by atoms with Gasteiger partial charge in [0.2, 0.25) is 0 Å². The Morgan fingerprint density at radius 1 is 1.17 bits per heavy atom. The van der Waals surface area contributed by atoms with Gasteiger partial charge in [0.25, 0.3) is 0 Å². The van der Waals surface area contributed by atoms with E-state index < -0.39 is 12.1 Å². The summed E-state index contributed by atoms with van der Waals surface area (Å²) in [5.41, 5.74) is 1.06. The van der Waals surface area contributed by atoms with Gasteiger partial charge in [0.05, 0.1) is 12.1 Å². The summed E-state index contributed by atoms with van der Waals surface area (Å²) < 4.78 is 5.01. The van der Waals surface area contributed by atoms with Crippen LogP contribution in [0.2, 0.25) is 0 Å². The first-order valence-electron chi connectivity index (χ1n) is 6.78. The summed E-state index contributed by atoms with van der Waals surface area (Å²) in [5, 5.41) is 11.5. The van der Waals surface area contributed by atoms with Crippen molar-refractivity contribution in [3.63, 3.8) is 0 Å². The van der Waals surface area contributed by atoms with Crippen molar-refractivity contribution in [2.45, 2.75) is 6.61 Å². The lowest BCUT2D eigenvalue weighted by Gasteiger charge is -2.04. The van der Waals surface area contributed by atoms with Crippen molar-refractivity contribution in [1.29, 1.82) is 0 Å². The fourth-order valence-electron chi connectivity index (χ4n) is 1.70. The highest BCUT2D eigenvalue weighted by atomic mass is 16.5. The van der Waals surface area contributed by atoms with Crippen LogP contribution in [0, 0.1) is 11.8 Å². The van der Waals surface area contributed by atoms with E-state index in [0.29, 0.717) is 0 Å². The van der Waals surface area contributed by atoms with Gasteiger partial charge in [-0.3, -0.25) is 0 Å². The SMILES string of the molecule is O=C(NCC#Cc1ncccc1C(=O)O)OCc1ccccc1. The molecule has 116 valence electrons. The Kier molecular flexibility index (Phi) is 5.72. The lowest BCUT2D eigenvalue weighted by atomic mass is 10.2. The van der Waals surface area contributed by atoms with Gasteiger partial charge in [-0.2, -0.15) is 0 Å². The highest BCUT2D eigenvalue weighted by molar-refractivity contribution is 5.89. The van der Waals surface area contributed by atoms with Gasteiger partial charge in [0.1, 0.15) is 12.3 Å². The van der Waals surface area contributed by atoms with Gasteiger partial charge in [0, 0.05) is 6.20 Å². The predicted molar refractivity (Wildman–Crippen MR) is 82.7 cm³/mol. The maximum absolute atomic E-state index is 11.5. The summed E-state index contributed by atoms with van der Waals surface area (Å²) in [5.74, 6) is 4.15. The van der Waals surface area contributed by atoms with Crippen LogP contribution in [0.15, 0.2) is 48.7 Å². The number of carbonyl (C=O) groups is 2. The quantitative estimate of drug-likeness (QED) is 0.844. The molecule has 0 saturated heterocycles. The standard InChI is InChI=1S/C17H14N2O4/c20-16(21)14-8-4-10-18-15(14)9-5-11-19-17(22)23-12-13-6-2-1-3-7-13/h1-4,6-8,10H,11-12H2,(H,19,22)(H,20,21). The number of aromatic carboxylic acids is 1. The first-order valence-corrected chi connectivity index (χ1v) is 6.78. The van der Waals surface area contributed by atoms with Crippen molar-refractivity contribution in [2.75, 3.05) is 6.54 Å². The monoisotopic (exact) mass is 310 g/mol. The van der Waals surface area contributed by atoms with Gasteiger partial charge in [0.15, 0.2) is 0 Å². The lowest BCUT2D eigenvalue weighted by Crippen LogP contribution is -2.24. The minimum Gasteiger partial charge on any atom is -0.478 e. The Bertz CT molecular complexity index is 748. The highest BCUT2D eigenvalue weighted by Gasteiger charge is 2.07. The number of alkyl carbamates (subject to hydrolysis) is 1. The molecule has 0 unspecified atom stereocenters. The van der Waals surface area contributed by atoms with Crippen LogP contribution in [0.1, 0.15) is 21.6 Å². The number of carboxylic acids is 1. The van der Waals surface area contributed by atoms with Gasteiger partial charge in [-0.1, -0.05) is 36.3 Å². The van der Waals surface area contributed by atoms with Crippen molar-refractivity contribution in [2.24, 2.45) is 0 Å². The highest BCUT2D eigenvalue weighted by Crippen LogP contribution is 2.03. The number of hydrogen-bond donors (Lipinski definition) is 2.